The molecule has 1 aromatic rings. The van der Waals surface area contributed by atoms with Crippen molar-refractivity contribution in [1.82, 2.24) is 0 Å². The van der Waals surface area contributed by atoms with Crippen LogP contribution in [0.4, 0.5) is 0 Å². The maximum Gasteiger partial charge on any atom is 0.316 e. The van der Waals surface area contributed by atoms with Crippen molar-refractivity contribution in [3.05, 3.63) is 24.3 Å². The van der Waals surface area contributed by atoms with Gasteiger partial charge in [0, 0.05) is 6.07 Å². The first-order chi connectivity index (χ1) is 6.39. The van der Waals surface area contributed by atoms with Gasteiger partial charge in [-0.2, -0.15) is 0 Å². The quantitative estimate of drug-likeness (QED) is 0.551. The summed E-state index contributed by atoms with van der Waals surface area (Å²) in [7, 11) is 0. The Bertz CT molecular complexity index is 337. The van der Waals surface area contributed by atoms with Crippen LogP contribution in [0, 0.1) is 5.41 Å². The minimum atomic E-state index is -0.536. The second-order valence-corrected chi connectivity index (χ2v) is 4.14. The minimum Gasteiger partial charge on any atom is -0.508 e. The molecular weight excluding hydrogens is 180 g/mol. The lowest BCUT2D eigenvalue weighted by Gasteiger charge is -2.16. The van der Waals surface area contributed by atoms with Gasteiger partial charge >= 0.3 is 5.97 Å². The van der Waals surface area contributed by atoms with Crippen LogP contribution in [0.5, 0.6) is 11.5 Å². The molecule has 3 nitrogen and oxygen atoms in total. The molecule has 0 fully saturated rings. The number of phenols is 1. The van der Waals surface area contributed by atoms with E-state index >= 15 is 0 Å². The minimum absolute atomic E-state index is 0.0872. The van der Waals surface area contributed by atoms with Crippen molar-refractivity contribution in [3.63, 3.8) is 0 Å². The topological polar surface area (TPSA) is 46.5 Å². The summed E-state index contributed by atoms with van der Waals surface area (Å²) in [5.41, 5.74) is -0.536. The van der Waals surface area contributed by atoms with Crippen LogP contribution in [0.3, 0.4) is 0 Å². The Morgan fingerprint density at radius 1 is 1.36 bits per heavy atom. The van der Waals surface area contributed by atoms with Crippen LogP contribution in [0.25, 0.3) is 0 Å². The van der Waals surface area contributed by atoms with Crippen molar-refractivity contribution in [1.29, 1.82) is 0 Å². The molecular formula is C11H14O3. The fourth-order valence-corrected chi connectivity index (χ4v) is 0.807. The molecule has 0 saturated carbocycles. The van der Waals surface area contributed by atoms with Crippen molar-refractivity contribution >= 4 is 5.97 Å². The van der Waals surface area contributed by atoms with Crippen LogP contribution in [0.15, 0.2) is 24.3 Å². The highest BCUT2D eigenvalue weighted by Gasteiger charge is 2.23. The second kappa shape index (κ2) is 3.70. The summed E-state index contributed by atoms with van der Waals surface area (Å²) in [6, 6.07) is 6.18. The van der Waals surface area contributed by atoms with E-state index in [0.717, 1.165) is 0 Å². The summed E-state index contributed by atoms with van der Waals surface area (Å²) in [6.07, 6.45) is 0. The zero-order valence-corrected chi connectivity index (χ0v) is 8.57. The van der Waals surface area contributed by atoms with Crippen molar-refractivity contribution in [3.8, 4) is 11.5 Å². The third-order valence-corrected chi connectivity index (χ3v) is 1.64. The number of benzene rings is 1. The fraction of sp³-hybridized carbons (Fsp3) is 0.364. The first-order valence-corrected chi connectivity index (χ1v) is 4.41. The van der Waals surface area contributed by atoms with Gasteiger partial charge in [0.1, 0.15) is 11.5 Å². The number of hydrogen-bond donors (Lipinski definition) is 1. The Hall–Kier alpha value is -1.51. The molecule has 0 amide bonds. The Balaban J connectivity index is 2.75. The van der Waals surface area contributed by atoms with E-state index in [1.165, 1.54) is 12.1 Å². The number of carbonyl (C=O) groups is 1. The molecule has 3 heteroatoms. The second-order valence-electron chi connectivity index (χ2n) is 4.14. The average molecular weight is 194 g/mol. The van der Waals surface area contributed by atoms with E-state index in [4.69, 9.17) is 9.84 Å². The third kappa shape index (κ3) is 2.76. The summed E-state index contributed by atoms with van der Waals surface area (Å²) in [4.78, 5) is 11.4. The lowest BCUT2D eigenvalue weighted by molar-refractivity contribution is -0.142. The molecule has 0 aliphatic heterocycles. The average Bonchev–Trinajstić information content (AvgIpc) is 2.02. The van der Waals surface area contributed by atoms with Gasteiger partial charge in [0.05, 0.1) is 5.41 Å². The first kappa shape index (κ1) is 10.6. The first-order valence-electron chi connectivity index (χ1n) is 4.41. The molecule has 0 radical (unpaired) electrons. The number of rotatable bonds is 1. The van der Waals surface area contributed by atoms with Gasteiger partial charge in [0.2, 0.25) is 0 Å². The van der Waals surface area contributed by atoms with Gasteiger partial charge in [0.25, 0.3) is 0 Å². The fourth-order valence-electron chi connectivity index (χ4n) is 0.807. The van der Waals surface area contributed by atoms with Gasteiger partial charge in [-0.05, 0) is 32.9 Å². The number of ether oxygens (including phenoxy) is 1. The molecule has 0 atom stereocenters. The molecule has 0 unspecified atom stereocenters. The summed E-state index contributed by atoms with van der Waals surface area (Å²) < 4.78 is 5.06. The zero-order chi connectivity index (χ0) is 10.8. The molecule has 0 saturated heterocycles. The number of carbonyl (C=O) groups excluding carboxylic acids is 1. The molecule has 1 rings (SSSR count). The monoisotopic (exact) mass is 194 g/mol. The molecule has 76 valence electrons. The summed E-state index contributed by atoms with van der Waals surface area (Å²) in [5.74, 6) is 0.136. The largest absolute Gasteiger partial charge is 0.508 e. The van der Waals surface area contributed by atoms with E-state index in [-0.39, 0.29) is 11.7 Å². The Labute approximate surface area is 83.3 Å². The zero-order valence-electron chi connectivity index (χ0n) is 8.57. The lowest BCUT2D eigenvalue weighted by Crippen LogP contribution is -2.25. The normalized spacial score (nSPS) is 11.1. The number of aromatic hydroxyl groups is 1. The van der Waals surface area contributed by atoms with Crippen LogP contribution in [-0.4, -0.2) is 11.1 Å². The van der Waals surface area contributed by atoms with Crippen LogP contribution in [-0.2, 0) is 4.79 Å². The molecule has 0 bridgehead atoms. The van der Waals surface area contributed by atoms with Crippen LogP contribution in [0.2, 0.25) is 0 Å². The summed E-state index contributed by atoms with van der Waals surface area (Å²) >= 11 is 0. The van der Waals surface area contributed by atoms with Gasteiger partial charge in [-0.15, -0.1) is 0 Å². The molecule has 0 spiro atoms. The van der Waals surface area contributed by atoms with Gasteiger partial charge in [-0.3, -0.25) is 4.79 Å². The van der Waals surface area contributed by atoms with Crippen molar-refractivity contribution in [2.75, 3.05) is 0 Å². The number of esters is 1. The smallest absolute Gasteiger partial charge is 0.316 e. The summed E-state index contributed by atoms with van der Waals surface area (Å²) in [6.45, 7) is 5.33. The Morgan fingerprint density at radius 2 is 2.00 bits per heavy atom. The van der Waals surface area contributed by atoms with E-state index in [1.807, 2.05) is 0 Å². The highest BCUT2D eigenvalue weighted by atomic mass is 16.5. The van der Waals surface area contributed by atoms with Gasteiger partial charge < -0.3 is 9.84 Å². The van der Waals surface area contributed by atoms with Crippen molar-refractivity contribution < 1.29 is 14.6 Å². The standard InChI is InChI=1S/C11H14O3/c1-11(2,3)10(13)14-9-6-4-5-8(12)7-9/h4-7,12H,1-3H3. The summed E-state index contributed by atoms with van der Waals surface area (Å²) in [5, 5.41) is 9.14. The number of phenolic OH excluding ortho intramolecular Hbond substituents is 1. The Kier molecular flexibility index (Phi) is 2.79. The van der Waals surface area contributed by atoms with E-state index in [0.29, 0.717) is 5.75 Å². The molecule has 0 aliphatic rings. The number of hydrogen-bond acceptors (Lipinski definition) is 3. The third-order valence-electron chi connectivity index (χ3n) is 1.64. The molecule has 1 aromatic carbocycles. The van der Waals surface area contributed by atoms with Crippen molar-refractivity contribution in [2.24, 2.45) is 5.41 Å². The van der Waals surface area contributed by atoms with E-state index in [9.17, 15) is 4.79 Å². The predicted octanol–water partition coefficient (Wildman–Crippen LogP) is 2.34. The highest BCUT2D eigenvalue weighted by Crippen LogP contribution is 2.22. The van der Waals surface area contributed by atoms with Crippen LogP contribution in [0.1, 0.15) is 20.8 Å². The molecule has 0 aromatic heterocycles. The van der Waals surface area contributed by atoms with Gasteiger partial charge in [-0.1, -0.05) is 6.07 Å². The maximum absolute atomic E-state index is 11.4. The van der Waals surface area contributed by atoms with E-state index < -0.39 is 5.41 Å². The SMILES string of the molecule is CC(C)(C)C(=O)Oc1cccc(O)c1. The molecule has 1 N–H and O–H groups in total. The predicted molar refractivity (Wildman–Crippen MR) is 53.2 cm³/mol. The van der Waals surface area contributed by atoms with Crippen LogP contribution >= 0.6 is 0 Å². The molecule has 0 aliphatic carbocycles. The van der Waals surface area contributed by atoms with Gasteiger partial charge in [0.15, 0.2) is 0 Å². The van der Waals surface area contributed by atoms with Crippen LogP contribution < -0.4 is 4.74 Å². The molecule has 0 heterocycles. The molecule has 14 heavy (non-hydrogen) atoms. The van der Waals surface area contributed by atoms with Gasteiger partial charge in [-0.25, -0.2) is 0 Å². The lowest BCUT2D eigenvalue weighted by atomic mass is 9.97. The maximum atomic E-state index is 11.4. The van der Waals surface area contributed by atoms with E-state index in [1.54, 1.807) is 32.9 Å². The Morgan fingerprint density at radius 3 is 2.50 bits per heavy atom. The highest BCUT2D eigenvalue weighted by molar-refractivity contribution is 5.77. The van der Waals surface area contributed by atoms with Crippen molar-refractivity contribution in [2.45, 2.75) is 20.8 Å². The van der Waals surface area contributed by atoms with E-state index in [2.05, 4.69) is 0 Å².